The molecule has 0 aliphatic carbocycles. The van der Waals surface area contributed by atoms with Gasteiger partial charge in [0.1, 0.15) is 0 Å². The van der Waals surface area contributed by atoms with Crippen LogP contribution >= 0.6 is 0 Å². The molecule has 0 amide bonds. The van der Waals surface area contributed by atoms with E-state index in [0.29, 0.717) is 0 Å². The average Bonchev–Trinajstić information content (AvgIpc) is 2.66. The summed E-state index contributed by atoms with van der Waals surface area (Å²) in [5.41, 5.74) is 6.00. The van der Waals surface area contributed by atoms with E-state index in [1.165, 1.54) is 77.0 Å². The van der Waals surface area contributed by atoms with Crippen LogP contribution in [0.25, 0.3) is 0 Å². The summed E-state index contributed by atoms with van der Waals surface area (Å²) in [5.74, 6) is 0. The van der Waals surface area contributed by atoms with Crippen molar-refractivity contribution in [1.82, 2.24) is 5.48 Å². The minimum atomic E-state index is 0.220. The molecule has 0 bridgehead atoms. The summed E-state index contributed by atoms with van der Waals surface area (Å²) in [6, 6.07) is 0. The first kappa shape index (κ1) is 26.4. The quantitative estimate of drug-likeness (QED) is 0.137. The Morgan fingerprint density at radius 3 is 1.89 bits per heavy atom. The van der Waals surface area contributed by atoms with Gasteiger partial charge in [0, 0.05) is 13.2 Å². The lowest BCUT2D eigenvalue weighted by Gasteiger charge is -2.05. The SMILES string of the molecule is CCCCCCC/C(C)=C/CC/C=C(\C)CCCCCCONCCCO. The van der Waals surface area contributed by atoms with E-state index in [9.17, 15) is 0 Å². The molecule has 0 aromatic heterocycles. The molecule has 0 heterocycles. The molecule has 0 fully saturated rings. The summed E-state index contributed by atoms with van der Waals surface area (Å²) in [6.07, 6.45) is 22.3. The maximum atomic E-state index is 8.66. The number of allylic oxidation sites excluding steroid dienone is 4. The van der Waals surface area contributed by atoms with Gasteiger partial charge in [-0.1, -0.05) is 68.7 Å². The monoisotopic (exact) mass is 381 g/mol. The van der Waals surface area contributed by atoms with Crippen LogP contribution in [0.15, 0.2) is 23.3 Å². The summed E-state index contributed by atoms with van der Waals surface area (Å²) in [4.78, 5) is 5.31. The smallest absolute Gasteiger partial charge is 0.0682 e. The molecule has 160 valence electrons. The van der Waals surface area contributed by atoms with E-state index in [1.54, 1.807) is 11.1 Å². The average molecular weight is 382 g/mol. The third-order valence-electron chi connectivity index (χ3n) is 4.93. The van der Waals surface area contributed by atoms with Crippen LogP contribution in [0.2, 0.25) is 0 Å². The molecular formula is C24H47NO2. The fourth-order valence-corrected chi connectivity index (χ4v) is 3.10. The second kappa shape index (κ2) is 21.7. The van der Waals surface area contributed by atoms with Crippen molar-refractivity contribution in [2.24, 2.45) is 0 Å². The number of hydroxylamine groups is 1. The van der Waals surface area contributed by atoms with E-state index in [1.807, 2.05) is 0 Å². The fraction of sp³-hybridized carbons (Fsp3) is 0.833. The van der Waals surface area contributed by atoms with E-state index in [0.717, 1.165) is 26.0 Å². The minimum absolute atomic E-state index is 0.220. The summed E-state index contributed by atoms with van der Waals surface area (Å²) >= 11 is 0. The maximum Gasteiger partial charge on any atom is 0.0682 e. The van der Waals surface area contributed by atoms with Gasteiger partial charge in [-0.15, -0.1) is 0 Å². The van der Waals surface area contributed by atoms with Gasteiger partial charge in [0.15, 0.2) is 0 Å². The van der Waals surface area contributed by atoms with E-state index in [-0.39, 0.29) is 6.61 Å². The minimum Gasteiger partial charge on any atom is -0.396 e. The van der Waals surface area contributed by atoms with Gasteiger partial charge in [0.2, 0.25) is 0 Å². The highest BCUT2D eigenvalue weighted by atomic mass is 16.6. The molecule has 3 heteroatoms. The van der Waals surface area contributed by atoms with Crippen LogP contribution in [0.3, 0.4) is 0 Å². The Labute approximate surface area is 169 Å². The second-order valence-electron chi connectivity index (χ2n) is 7.83. The van der Waals surface area contributed by atoms with Crippen molar-refractivity contribution < 1.29 is 9.94 Å². The van der Waals surface area contributed by atoms with Crippen molar-refractivity contribution in [1.29, 1.82) is 0 Å². The third kappa shape index (κ3) is 21.5. The van der Waals surface area contributed by atoms with Crippen LogP contribution in [-0.4, -0.2) is 24.9 Å². The third-order valence-corrected chi connectivity index (χ3v) is 4.93. The largest absolute Gasteiger partial charge is 0.396 e. The van der Waals surface area contributed by atoms with Crippen molar-refractivity contribution >= 4 is 0 Å². The van der Waals surface area contributed by atoms with Gasteiger partial charge in [-0.05, 0) is 65.2 Å². The molecule has 0 spiro atoms. The number of unbranched alkanes of at least 4 members (excludes halogenated alkanes) is 8. The molecule has 0 radical (unpaired) electrons. The summed E-state index contributed by atoms with van der Waals surface area (Å²) in [7, 11) is 0. The standard InChI is InChI=1S/C24H47NO2/c1-4-5-6-7-10-16-23(2)18-12-13-19-24(3)17-11-8-9-14-22-27-25-20-15-21-26/h18-19,25-26H,4-17,20-22H2,1-3H3/b23-18+,24-19+. The Morgan fingerprint density at radius 2 is 1.33 bits per heavy atom. The second-order valence-corrected chi connectivity index (χ2v) is 7.83. The van der Waals surface area contributed by atoms with Crippen molar-refractivity contribution in [3.8, 4) is 0 Å². The van der Waals surface area contributed by atoms with Crippen LogP contribution < -0.4 is 5.48 Å². The summed E-state index contributed by atoms with van der Waals surface area (Å²) in [5, 5.41) is 8.66. The first-order valence-corrected chi connectivity index (χ1v) is 11.5. The molecule has 0 atom stereocenters. The highest BCUT2D eigenvalue weighted by molar-refractivity contribution is 5.02. The van der Waals surface area contributed by atoms with Crippen LogP contribution in [0.4, 0.5) is 0 Å². The van der Waals surface area contributed by atoms with Gasteiger partial charge < -0.3 is 9.94 Å². The van der Waals surface area contributed by atoms with Gasteiger partial charge in [0.25, 0.3) is 0 Å². The molecule has 0 aromatic rings. The Hall–Kier alpha value is -0.640. The molecule has 3 nitrogen and oxygen atoms in total. The fourth-order valence-electron chi connectivity index (χ4n) is 3.10. The normalized spacial score (nSPS) is 12.7. The number of aliphatic hydroxyl groups is 1. The number of hydrogen-bond donors (Lipinski definition) is 2. The Kier molecular flexibility index (Phi) is 21.1. The van der Waals surface area contributed by atoms with E-state index >= 15 is 0 Å². The lowest BCUT2D eigenvalue weighted by molar-refractivity contribution is 0.0354. The highest BCUT2D eigenvalue weighted by Gasteiger charge is 1.95. The Balaban J connectivity index is 3.48. The number of nitrogens with one attached hydrogen (secondary N) is 1. The number of aliphatic hydroxyl groups excluding tert-OH is 1. The molecule has 0 aliphatic rings. The van der Waals surface area contributed by atoms with Crippen LogP contribution in [-0.2, 0) is 4.84 Å². The van der Waals surface area contributed by atoms with Crippen LogP contribution in [0.1, 0.15) is 111 Å². The lowest BCUT2D eigenvalue weighted by Crippen LogP contribution is -2.17. The lowest BCUT2D eigenvalue weighted by atomic mass is 10.0. The summed E-state index contributed by atoms with van der Waals surface area (Å²) in [6.45, 7) is 8.56. The van der Waals surface area contributed by atoms with Gasteiger partial charge in [-0.2, -0.15) is 0 Å². The van der Waals surface area contributed by atoms with Gasteiger partial charge in [-0.25, -0.2) is 5.48 Å². The van der Waals surface area contributed by atoms with Crippen molar-refractivity contribution in [3.63, 3.8) is 0 Å². The predicted octanol–water partition coefficient (Wildman–Crippen LogP) is 6.87. The first-order valence-electron chi connectivity index (χ1n) is 11.5. The first-order chi connectivity index (χ1) is 13.2. The molecular weight excluding hydrogens is 334 g/mol. The van der Waals surface area contributed by atoms with Crippen molar-refractivity contribution in [2.75, 3.05) is 19.8 Å². The molecule has 0 rings (SSSR count). The molecule has 0 saturated carbocycles. The molecule has 0 aliphatic heterocycles. The summed E-state index contributed by atoms with van der Waals surface area (Å²) < 4.78 is 0. The van der Waals surface area contributed by atoms with Gasteiger partial charge >= 0.3 is 0 Å². The molecule has 0 unspecified atom stereocenters. The molecule has 27 heavy (non-hydrogen) atoms. The molecule has 0 saturated heterocycles. The van der Waals surface area contributed by atoms with Crippen molar-refractivity contribution in [3.05, 3.63) is 23.3 Å². The van der Waals surface area contributed by atoms with Crippen LogP contribution in [0.5, 0.6) is 0 Å². The number of rotatable bonds is 20. The number of hydrogen-bond acceptors (Lipinski definition) is 3. The predicted molar refractivity (Wildman–Crippen MR) is 119 cm³/mol. The Morgan fingerprint density at radius 1 is 0.778 bits per heavy atom. The topological polar surface area (TPSA) is 41.5 Å². The van der Waals surface area contributed by atoms with Gasteiger partial charge in [-0.3, -0.25) is 0 Å². The zero-order chi connectivity index (χ0) is 20.0. The van der Waals surface area contributed by atoms with E-state index in [2.05, 4.69) is 38.4 Å². The van der Waals surface area contributed by atoms with E-state index in [4.69, 9.17) is 9.94 Å². The molecule has 0 aromatic carbocycles. The molecule has 2 N–H and O–H groups in total. The zero-order valence-corrected chi connectivity index (χ0v) is 18.5. The zero-order valence-electron chi connectivity index (χ0n) is 18.5. The maximum absolute atomic E-state index is 8.66. The highest BCUT2D eigenvalue weighted by Crippen LogP contribution is 2.14. The Bertz CT molecular complexity index is 363. The van der Waals surface area contributed by atoms with E-state index < -0.39 is 0 Å². The van der Waals surface area contributed by atoms with Gasteiger partial charge in [0.05, 0.1) is 6.61 Å². The van der Waals surface area contributed by atoms with Crippen molar-refractivity contribution in [2.45, 2.75) is 111 Å². The van der Waals surface area contributed by atoms with Crippen LogP contribution in [0, 0.1) is 0 Å².